The Bertz CT molecular complexity index is 1120. The van der Waals surface area contributed by atoms with Gasteiger partial charge in [0.1, 0.15) is 0 Å². The van der Waals surface area contributed by atoms with Gasteiger partial charge in [-0.3, -0.25) is 14.9 Å². The smallest absolute Gasteiger partial charge is 0.257 e. The number of amides is 2. The second-order valence-electron chi connectivity index (χ2n) is 7.97. The van der Waals surface area contributed by atoms with Crippen LogP contribution in [0.4, 0.5) is 11.4 Å². The first-order chi connectivity index (χ1) is 16.0. The number of piperazine rings is 1. The van der Waals surface area contributed by atoms with Crippen LogP contribution in [0, 0.1) is 6.92 Å². The number of rotatable bonds is 4. The van der Waals surface area contributed by atoms with Crippen molar-refractivity contribution in [2.24, 2.45) is 0 Å². The number of anilines is 2. The molecule has 0 saturated carbocycles. The number of hydrogen-bond acceptors (Lipinski definition) is 4. The van der Waals surface area contributed by atoms with Gasteiger partial charge in [-0.15, -0.1) is 0 Å². The van der Waals surface area contributed by atoms with Crippen LogP contribution in [0.25, 0.3) is 0 Å². The lowest BCUT2D eigenvalue weighted by Crippen LogP contribution is -2.48. The number of carbonyl (C=O) groups is 2. The molecule has 4 rings (SSSR count). The molecule has 1 aliphatic rings. The van der Waals surface area contributed by atoms with Gasteiger partial charge >= 0.3 is 0 Å². The maximum Gasteiger partial charge on any atom is 0.257 e. The fourth-order valence-electron chi connectivity index (χ4n) is 3.73. The Kier molecular flexibility index (Phi) is 7.00. The summed E-state index contributed by atoms with van der Waals surface area (Å²) in [4.78, 5) is 29.1. The van der Waals surface area contributed by atoms with Crippen LogP contribution in [0.1, 0.15) is 26.3 Å². The molecule has 1 aliphatic heterocycles. The molecule has 3 aromatic carbocycles. The lowest BCUT2D eigenvalue weighted by molar-refractivity contribution is 0.0746. The van der Waals surface area contributed by atoms with E-state index in [9.17, 15) is 9.59 Å². The predicted octanol–water partition coefficient (Wildman–Crippen LogP) is 4.08. The third kappa shape index (κ3) is 5.75. The molecular weight excluding hydrogens is 432 g/mol. The van der Waals surface area contributed by atoms with E-state index >= 15 is 0 Å². The number of carbonyl (C=O) groups excluding carboxylic acids is 2. The minimum atomic E-state index is -0.247. The van der Waals surface area contributed by atoms with Crippen LogP contribution in [0.5, 0.6) is 0 Å². The minimum Gasteiger partial charge on any atom is -0.368 e. The zero-order chi connectivity index (χ0) is 23.2. The Morgan fingerprint density at radius 1 is 0.788 bits per heavy atom. The summed E-state index contributed by atoms with van der Waals surface area (Å²) in [5.74, 6) is -0.164. The topological polar surface area (TPSA) is 64.7 Å². The van der Waals surface area contributed by atoms with Gasteiger partial charge in [0.05, 0.1) is 0 Å². The average Bonchev–Trinajstić information content (AvgIpc) is 2.85. The molecule has 1 fully saturated rings. The Labute approximate surface area is 199 Å². The van der Waals surface area contributed by atoms with E-state index < -0.39 is 0 Å². The highest BCUT2D eigenvalue weighted by Gasteiger charge is 2.22. The summed E-state index contributed by atoms with van der Waals surface area (Å²) >= 11 is 5.26. The minimum absolute atomic E-state index is 0.0836. The second-order valence-corrected chi connectivity index (χ2v) is 8.37. The van der Waals surface area contributed by atoms with Crippen molar-refractivity contribution in [2.75, 3.05) is 36.4 Å². The van der Waals surface area contributed by atoms with Gasteiger partial charge in [-0.25, -0.2) is 0 Å². The van der Waals surface area contributed by atoms with Crippen molar-refractivity contribution in [2.45, 2.75) is 6.92 Å². The standard InChI is InChI=1S/C26H26N4O2S/c1-19-7-9-21(10-8-19)25(32)30-17-15-29(16-18-30)23-13-11-22(12-14-23)27-26(33)28-24(31)20-5-3-2-4-6-20/h2-14H,15-18H2,1H3,(H2,27,28,31,33). The molecule has 1 saturated heterocycles. The van der Waals surface area contributed by atoms with Gasteiger partial charge in [0.15, 0.2) is 5.11 Å². The van der Waals surface area contributed by atoms with Crippen LogP contribution in [-0.4, -0.2) is 48.0 Å². The summed E-state index contributed by atoms with van der Waals surface area (Å²) in [7, 11) is 0. The number of thiocarbonyl (C=S) groups is 1. The second kappa shape index (κ2) is 10.3. The van der Waals surface area contributed by atoms with Gasteiger partial charge in [0, 0.05) is 48.7 Å². The Hall–Kier alpha value is -3.71. The molecule has 6 nitrogen and oxygen atoms in total. The summed E-state index contributed by atoms with van der Waals surface area (Å²) in [5.41, 5.74) is 4.32. The van der Waals surface area contributed by atoms with Gasteiger partial charge in [-0.2, -0.15) is 0 Å². The first-order valence-electron chi connectivity index (χ1n) is 10.9. The summed E-state index contributed by atoms with van der Waals surface area (Å²) in [5, 5.41) is 5.98. The van der Waals surface area contributed by atoms with E-state index in [1.807, 2.05) is 78.6 Å². The summed E-state index contributed by atoms with van der Waals surface area (Å²) in [6, 6.07) is 24.6. The largest absolute Gasteiger partial charge is 0.368 e. The summed E-state index contributed by atoms with van der Waals surface area (Å²) in [6.07, 6.45) is 0. The fraction of sp³-hybridized carbons (Fsp3) is 0.192. The van der Waals surface area contributed by atoms with Crippen molar-refractivity contribution in [1.29, 1.82) is 0 Å². The molecular formula is C26H26N4O2S. The summed E-state index contributed by atoms with van der Waals surface area (Å²) < 4.78 is 0. The fourth-order valence-corrected chi connectivity index (χ4v) is 3.94. The maximum atomic E-state index is 12.7. The summed E-state index contributed by atoms with van der Waals surface area (Å²) in [6.45, 7) is 4.93. The molecule has 0 unspecified atom stereocenters. The van der Waals surface area contributed by atoms with Crippen molar-refractivity contribution in [3.8, 4) is 0 Å². The normalized spacial score (nSPS) is 13.4. The molecule has 7 heteroatoms. The first-order valence-corrected chi connectivity index (χ1v) is 11.3. The number of hydrogen-bond donors (Lipinski definition) is 2. The van der Waals surface area contributed by atoms with Crippen molar-refractivity contribution in [1.82, 2.24) is 10.2 Å². The quantitative estimate of drug-likeness (QED) is 0.577. The lowest BCUT2D eigenvalue weighted by atomic mass is 10.1. The highest BCUT2D eigenvalue weighted by molar-refractivity contribution is 7.80. The van der Waals surface area contributed by atoms with Crippen LogP contribution in [0.3, 0.4) is 0 Å². The van der Waals surface area contributed by atoms with Crippen LogP contribution < -0.4 is 15.5 Å². The third-order valence-corrected chi connectivity index (χ3v) is 5.82. The highest BCUT2D eigenvalue weighted by Crippen LogP contribution is 2.20. The number of nitrogens with zero attached hydrogens (tertiary/aromatic N) is 2. The maximum absolute atomic E-state index is 12.7. The average molecular weight is 459 g/mol. The molecule has 0 radical (unpaired) electrons. The number of aryl methyl sites for hydroxylation is 1. The van der Waals surface area contributed by atoms with E-state index in [2.05, 4.69) is 15.5 Å². The molecule has 0 atom stereocenters. The molecule has 0 bridgehead atoms. The van der Waals surface area contributed by atoms with E-state index in [1.54, 1.807) is 12.1 Å². The van der Waals surface area contributed by atoms with Crippen LogP contribution in [0.15, 0.2) is 78.9 Å². The van der Waals surface area contributed by atoms with E-state index in [1.165, 1.54) is 0 Å². The zero-order valence-electron chi connectivity index (χ0n) is 18.5. The van der Waals surface area contributed by atoms with E-state index in [0.29, 0.717) is 18.7 Å². The highest BCUT2D eigenvalue weighted by atomic mass is 32.1. The van der Waals surface area contributed by atoms with Crippen LogP contribution in [0.2, 0.25) is 0 Å². The molecule has 2 amide bonds. The Balaban J connectivity index is 1.28. The number of nitrogens with one attached hydrogen (secondary N) is 2. The van der Waals surface area contributed by atoms with E-state index in [-0.39, 0.29) is 16.9 Å². The molecule has 33 heavy (non-hydrogen) atoms. The number of benzene rings is 3. The molecule has 0 spiro atoms. The first kappa shape index (κ1) is 22.5. The molecule has 1 heterocycles. The molecule has 0 aromatic heterocycles. The molecule has 3 aromatic rings. The Morgan fingerprint density at radius 2 is 1.42 bits per heavy atom. The van der Waals surface area contributed by atoms with Gasteiger partial charge in [0.2, 0.25) is 0 Å². The third-order valence-electron chi connectivity index (χ3n) is 5.62. The predicted molar refractivity (Wildman–Crippen MR) is 136 cm³/mol. The van der Waals surface area contributed by atoms with Crippen molar-refractivity contribution in [3.63, 3.8) is 0 Å². The van der Waals surface area contributed by atoms with Crippen LogP contribution >= 0.6 is 12.2 Å². The molecule has 0 aliphatic carbocycles. The van der Waals surface area contributed by atoms with Crippen molar-refractivity contribution in [3.05, 3.63) is 95.6 Å². The van der Waals surface area contributed by atoms with Gasteiger partial charge < -0.3 is 15.1 Å². The van der Waals surface area contributed by atoms with E-state index in [4.69, 9.17) is 12.2 Å². The monoisotopic (exact) mass is 458 g/mol. The van der Waals surface area contributed by atoms with Crippen molar-refractivity contribution < 1.29 is 9.59 Å². The van der Waals surface area contributed by atoms with Gasteiger partial charge in [-0.05, 0) is 67.7 Å². The van der Waals surface area contributed by atoms with Crippen molar-refractivity contribution >= 4 is 40.5 Å². The molecule has 2 N–H and O–H groups in total. The van der Waals surface area contributed by atoms with Crippen LogP contribution in [-0.2, 0) is 0 Å². The van der Waals surface area contributed by atoms with Gasteiger partial charge in [0.25, 0.3) is 11.8 Å². The zero-order valence-corrected chi connectivity index (χ0v) is 19.3. The van der Waals surface area contributed by atoms with Gasteiger partial charge in [-0.1, -0.05) is 35.9 Å². The Morgan fingerprint density at radius 3 is 2.06 bits per heavy atom. The molecule has 168 valence electrons. The SMILES string of the molecule is Cc1ccc(C(=O)N2CCN(c3ccc(NC(=S)NC(=O)c4ccccc4)cc3)CC2)cc1. The van der Waals surface area contributed by atoms with E-state index in [0.717, 1.165) is 35.6 Å². The lowest BCUT2D eigenvalue weighted by Gasteiger charge is -2.36.